The largest absolute Gasteiger partial charge is 0.508 e. The molecule has 2 nitrogen and oxygen atoms in total. The van der Waals surface area contributed by atoms with E-state index in [0.29, 0.717) is 11.5 Å². The van der Waals surface area contributed by atoms with Crippen molar-refractivity contribution in [3.63, 3.8) is 0 Å². The molecule has 2 aromatic carbocycles. The first kappa shape index (κ1) is 14.1. The quantitative estimate of drug-likeness (QED) is 0.735. The molecule has 0 aliphatic heterocycles. The van der Waals surface area contributed by atoms with Gasteiger partial charge < -0.3 is 10.2 Å². The minimum absolute atomic E-state index is 0.376. The summed E-state index contributed by atoms with van der Waals surface area (Å²) in [5, 5.41) is 18.2. The van der Waals surface area contributed by atoms with Crippen LogP contribution < -0.4 is 0 Å². The Morgan fingerprint density at radius 1 is 0.722 bits per heavy atom. The van der Waals surface area contributed by atoms with E-state index in [1.165, 1.54) is 5.56 Å². The second kappa shape index (κ2) is 6.10. The number of para-hydroxylation sites is 1. The van der Waals surface area contributed by atoms with Crippen molar-refractivity contribution in [2.75, 3.05) is 0 Å². The molecule has 2 aromatic rings. The standard InChI is InChI=1S/2C8H10O/c1-6-3-4-8(9)7(2)5-6;1-6-4-3-5-7(2)8(6)9/h2*3-5,9H,1-2H3. The molecule has 2 N–H and O–H groups in total. The molecule has 0 radical (unpaired) electrons. The van der Waals surface area contributed by atoms with E-state index in [4.69, 9.17) is 5.11 Å². The summed E-state index contributed by atoms with van der Waals surface area (Å²) in [6, 6.07) is 11.3. The van der Waals surface area contributed by atoms with Gasteiger partial charge in [0, 0.05) is 0 Å². The summed E-state index contributed by atoms with van der Waals surface area (Å²) in [6.45, 7) is 7.68. The van der Waals surface area contributed by atoms with Crippen LogP contribution >= 0.6 is 0 Å². The monoisotopic (exact) mass is 244 g/mol. The highest BCUT2D eigenvalue weighted by molar-refractivity contribution is 5.38. The van der Waals surface area contributed by atoms with Crippen LogP contribution in [0.4, 0.5) is 0 Å². The Bertz CT molecular complexity index is 510. The van der Waals surface area contributed by atoms with Crippen LogP contribution in [0.3, 0.4) is 0 Å². The fraction of sp³-hybridized carbons (Fsp3) is 0.250. The predicted octanol–water partition coefficient (Wildman–Crippen LogP) is 4.02. The van der Waals surface area contributed by atoms with Gasteiger partial charge in [-0.1, -0.05) is 35.9 Å². The molecule has 96 valence electrons. The Balaban J connectivity index is 0.000000180. The van der Waals surface area contributed by atoms with Crippen LogP contribution in [0.15, 0.2) is 36.4 Å². The van der Waals surface area contributed by atoms with Crippen molar-refractivity contribution in [2.24, 2.45) is 0 Å². The maximum absolute atomic E-state index is 9.21. The SMILES string of the molecule is Cc1ccc(O)c(C)c1.Cc1cccc(C)c1O. The molecule has 0 spiro atoms. The molecule has 0 aliphatic carbocycles. The summed E-state index contributed by atoms with van der Waals surface area (Å²) >= 11 is 0. The first-order valence-electron chi connectivity index (χ1n) is 5.93. The van der Waals surface area contributed by atoms with Crippen molar-refractivity contribution < 1.29 is 10.2 Å². The maximum Gasteiger partial charge on any atom is 0.121 e. The Morgan fingerprint density at radius 3 is 1.67 bits per heavy atom. The molecule has 0 heterocycles. The number of phenols is 2. The van der Waals surface area contributed by atoms with E-state index in [2.05, 4.69) is 0 Å². The Kier molecular flexibility index (Phi) is 4.78. The number of hydrogen-bond acceptors (Lipinski definition) is 2. The Morgan fingerprint density at radius 2 is 1.28 bits per heavy atom. The summed E-state index contributed by atoms with van der Waals surface area (Å²) in [4.78, 5) is 0. The number of hydrogen-bond donors (Lipinski definition) is 2. The molecule has 0 aromatic heterocycles. The first-order valence-corrected chi connectivity index (χ1v) is 5.93. The average Bonchev–Trinajstić information content (AvgIpc) is 2.32. The molecular weight excluding hydrogens is 224 g/mol. The summed E-state index contributed by atoms with van der Waals surface area (Å²) in [7, 11) is 0. The van der Waals surface area contributed by atoms with E-state index < -0.39 is 0 Å². The molecule has 2 heteroatoms. The highest BCUT2D eigenvalue weighted by Gasteiger charge is 1.95. The van der Waals surface area contributed by atoms with Gasteiger partial charge in [0.2, 0.25) is 0 Å². The molecule has 0 saturated heterocycles. The maximum atomic E-state index is 9.21. The predicted molar refractivity (Wildman–Crippen MR) is 75.2 cm³/mol. The van der Waals surface area contributed by atoms with Crippen LogP contribution in [0.2, 0.25) is 0 Å². The van der Waals surface area contributed by atoms with Crippen molar-refractivity contribution in [1.82, 2.24) is 0 Å². The smallest absolute Gasteiger partial charge is 0.121 e. The first-order chi connectivity index (χ1) is 8.41. The zero-order valence-electron chi connectivity index (χ0n) is 11.4. The molecular formula is C16H20O2. The second-order valence-electron chi connectivity index (χ2n) is 4.53. The molecule has 0 saturated carbocycles. The van der Waals surface area contributed by atoms with Gasteiger partial charge in [-0.3, -0.25) is 0 Å². The van der Waals surface area contributed by atoms with E-state index >= 15 is 0 Å². The van der Waals surface area contributed by atoms with Crippen LogP contribution in [0, 0.1) is 27.7 Å². The van der Waals surface area contributed by atoms with Crippen molar-refractivity contribution in [1.29, 1.82) is 0 Å². The third kappa shape index (κ3) is 3.81. The molecule has 0 amide bonds. The van der Waals surface area contributed by atoms with E-state index in [-0.39, 0.29) is 0 Å². The van der Waals surface area contributed by atoms with Crippen molar-refractivity contribution in [3.8, 4) is 11.5 Å². The van der Waals surface area contributed by atoms with E-state index in [0.717, 1.165) is 16.7 Å². The number of rotatable bonds is 0. The van der Waals surface area contributed by atoms with Gasteiger partial charge in [0.15, 0.2) is 0 Å². The lowest BCUT2D eigenvalue weighted by Gasteiger charge is -1.99. The molecule has 0 fully saturated rings. The molecule has 18 heavy (non-hydrogen) atoms. The summed E-state index contributed by atoms with van der Waals surface area (Å²) in [5.41, 5.74) is 4.00. The molecule has 0 aliphatic rings. The Labute approximate surface area is 109 Å². The minimum Gasteiger partial charge on any atom is -0.508 e. The Hall–Kier alpha value is -1.96. The lowest BCUT2D eigenvalue weighted by atomic mass is 10.1. The van der Waals surface area contributed by atoms with Gasteiger partial charge in [0.05, 0.1) is 0 Å². The van der Waals surface area contributed by atoms with E-state index in [1.54, 1.807) is 6.07 Å². The average molecular weight is 244 g/mol. The minimum atomic E-state index is 0.376. The van der Waals surface area contributed by atoms with Gasteiger partial charge in [-0.05, 0) is 50.5 Å². The van der Waals surface area contributed by atoms with Crippen molar-refractivity contribution >= 4 is 0 Å². The molecule has 0 unspecified atom stereocenters. The summed E-state index contributed by atoms with van der Waals surface area (Å²) < 4.78 is 0. The fourth-order valence-corrected chi connectivity index (χ4v) is 1.61. The lowest BCUT2D eigenvalue weighted by Crippen LogP contribution is -1.76. The zero-order valence-corrected chi connectivity index (χ0v) is 11.4. The fourth-order valence-electron chi connectivity index (χ4n) is 1.61. The summed E-state index contributed by atoms with van der Waals surface area (Å²) in [5.74, 6) is 0.790. The van der Waals surface area contributed by atoms with Gasteiger partial charge in [0.25, 0.3) is 0 Å². The van der Waals surface area contributed by atoms with Gasteiger partial charge in [-0.2, -0.15) is 0 Å². The summed E-state index contributed by atoms with van der Waals surface area (Å²) in [6.07, 6.45) is 0. The van der Waals surface area contributed by atoms with Gasteiger partial charge in [-0.25, -0.2) is 0 Å². The molecule has 0 bridgehead atoms. The van der Waals surface area contributed by atoms with Crippen LogP contribution in [0.25, 0.3) is 0 Å². The van der Waals surface area contributed by atoms with Gasteiger partial charge >= 0.3 is 0 Å². The van der Waals surface area contributed by atoms with E-state index in [9.17, 15) is 5.11 Å². The van der Waals surface area contributed by atoms with Gasteiger partial charge in [0.1, 0.15) is 11.5 Å². The third-order valence-corrected chi connectivity index (χ3v) is 2.79. The molecule has 0 atom stereocenters. The lowest BCUT2D eigenvalue weighted by molar-refractivity contribution is 0.467. The molecule has 2 rings (SSSR count). The van der Waals surface area contributed by atoms with Crippen LogP contribution in [-0.2, 0) is 0 Å². The number of aromatic hydroxyl groups is 2. The van der Waals surface area contributed by atoms with Crippen LogP contribution in [0.1, 0.15) is 22.3 Å². The zero-order chi connectivity index (χ0) is 13.7. The van der Waals surface area contributed by atoms with E-state index in [1.807, 2.05) is 58.0 Å². The highest BCUT2D eigenvalue weighted by atomic mass is 16.3. The topological polar surface area (TPSA) is 40.5 Å². The second-order valence-corrected chi connectivity index (χ2v) is 4.53. The third-order valence-electron chi connectivity index (χ3n) is 2.79. The normalized spacial score (nSPS) is 9.56. The number of phenolic OH excluding ortho intramolecular Hbond substituents is 2. The van der Waals surface area contributed by atoms with Crippen LogP contribution in [0.5, 0.6) is 11.5 Å². The van der Waals surface area contributed by atoms with Gasteiger partial charge in [-0.15, -0.1) is 0 Å². The number of aryl methyl sites for hydroxylation is 4. The van der Waals surface area contributed by atoms with Crippen molar-refractivity contribution in [3.05, 3.63) is 58.7 Å². The van der Waals surface area contributed by atoms with Crippen LogP contribution in [-0.4, -0.2) is 10.2 Å². The highest BCUT2D eigenvalue weighted by Crippen LogP contribution is 2.19. The van der Waals surface area contributed by atoms with Crippen molar-refractivity contribution in [2.45, 2.75) is 27.7 Å². The number of benzene rings is 2.